The largest absolute Gasteiger partial charge is 0.451 e. The van der Waals surface area contributed by atoms with Crippen LogP contribution in [0.15, 0.2) is 60.7 Å². The monoisotopic (exact) mass is 405 g/mol. The molecule has 0 saturated heterocycles. The van der Waals surface area contributed by atoms with E-state index < -0.39 is 18.5 Å². The molecule has 7 nitrogen and oxygen atoms in total. The lowest BCUT2D eigenvalue weighted by Gasteiger charge is -2.17. The van der Waals surface area contributed by atoms with Gasteiger partial charge in [0.1, 0.15) is 5.69 Å². The second kappa shape index (κ2) is 9.65. The Bertz CT molecular complexity index is 1080. The number of esters is 1. The quantitative estimate of drug-likeness (QED) is 0.611. The van der Waals surface area contributed by atoms with Crippen LogP contribution >= 0.6 is 0 Å². The predicted octanol–water partition coefficient (Wildman–Crippen LogP) is 3.05. The van der Waals surface area contributed by atoms with Gasteiger partial charge in [0.2, 0.25) is 5.91 Å². The fourth-order valence-corrected chi connectivity index (χ4v) is 2.94. The maximum absolute atomic E-state index is 12.3. The number of ether oxygens (including phenoxy) is 1. The Hall–Kier alpha value is -3.74. The van der Waals surface area contributed by atoms with Crippen LogP contribution in [0.1, 0.15) is 23.0 Å². The summed E-state index contributed by atoms with van der Waals surface area (Å²) in [4.78, 5) is 42.2. The zero-order chi connectivity index (χ0) is 21.5. The molecule has 0 radical (unpaired) electrons. The Kier molecular flexibility index (Phi) is 6.75. The summed E-state index contributed by atoms with van der Waals surface area (Å²) in [6.45, 7) is 1.38. The van der Waals surface area contributed by atoms with Gasteiger partial charge in [-0.3, -0.25) is 9.59 Å². The number of carbonyl (C=O) groups excluding carboxylic acids is 3. The number of amides is 2. The molecule has 154 valence electrons. The van der Waals surface area contributed by atoms with Gasteiger partial charge in [0.05, 0.1) is 12.1 Å². The smallest absolute Gasteiger partial charge is 0.357 e. The summed E-state index contributed by atoms with van der Waals surface area (Å²) < 4.78 is 5.07. The number of hydrogen-bond acceptors (Lipinski definition) is 5. The van der Waals surface area contributed by atoms with Gasteiger partial charge >= 0.3 is 5.97 Å². The number of nitrogens with zero attached hydrogens (tertiary/aromatic N) is 2. The molecule has 1 heterocycles. The lowest BCUT2D eigenvalue weighted by atomic mass is 10.1. The SMILES string of the molecule is CCc1ccccc1NC(=O)CN(C)C(=O)COC(=O)c1ccc2ccccc2n1. The minimum absolute atomic E-state index is 0.123. The summed E-state index contributed by atoms with van der Waals surface area (Å²) in [7, 11) is 1.48. The second-order valence-electron chi connectivity index (χ2n) is 6.77. The van der Waals surface area contributed by atoms with Gasteiger partial charge in [0, 0.05) is 18.1 Å². The van der Waals surface area contributed by atoms with E-state index in [-0.39, 0.29) is 18.1 Å². The van der Waals surface area contributed by atoms with Gasteiger partial charge in [-0.1, -0.05) is 49.4 Å². The molecule has 0 saturated carbocycles. The van der Waals surface area contributed by atoms with Crippen LogP contribution in [0.5, 0.6) is 0 Å². The van der Waals surface area contributed by atoms with Crippen LogP contribution in [0.3, 0.4) is 0 Å². The van der Waals surface area contributed by atoms with Gasteiger partial charge in [-0.25, -0.2) is 9.78 Å². The fourth-order valence-electron chi connectivity index (χ4n) is 2.94. The van der Waals surface area contributed by atoms with Crippen LogP contribution in [-0.4, -0.2) is 47.9 Å². The average molecular weight is 405 g/mol. The molecule has 7 heteroatoms. The van der Waals surface area contributed by atoms with Crippen molar-refractivity contribution in [3.8, 4) is 0 Å². The van der Waals surface area contributed by atoms with Crippen LogP contribution < -0.4 is 5.32 Å². The topological polar surface area (TPSA) is 88.6 Å². The van der Waals surface area contributed by atoms with Crippen molar-refractivity contribution < 1.29 is 19.1 Å². The predicted molar refractivity (Wildman–Crippen MR) is 114 cm³/mol. The van der Waals surface area contributed by atoms with E-state index in [1.807, 2.05) is 49.4 Å². The number of likely N-dealkylation sites (N-methyl/N-ethyl adjacent to an activating group) is 1. The third kappa shape index (κ3) is 5.20. The molecule has 2 aromatic carbocycles. The number of fused-ring (bicyclic) bond motifs is 1. The third-order valence-corrected chi connectivity index (χ3v) is 4.61. The van der Waals surface area contributed by atoms with Crippen molar-refractivity contribution in [3.05, 3.63) is 71.9 Å². The fraction of sp³-hybridized carbons (Fsp3) is 0.217. The number of anilines is 1. The molecule has 0 aliphatic heterocycles. The number of rotatable bonds is 7. The maximum Gasteiger partial charge on any atom is 0.357 e. The second-order valence-corrected chi connectivity index (χ2v) is 6.77. The van der Waals surface area contributed by atoms with Crippen LogP contribution in [0.2, 0.25) is 0 Å². The molecule has 3 rings (SSSR count). The van der Waals surface area contributed by atoms with Crippen molar-refractivity contribution in [1.29, 1.82) is 0 Å². The van der Waals surface area contributed by atoms with Gasteiger partial charge in [-0.05, 0) is 30.2 Å². The van der Waals surface area contributed by atoms with Gasteiger partial charge in [-0.15, -0.1) is 0 Å². The van der Waals surface area contributed by atoms with Crippen molar-refractivity contribution in [1.82, 2.24) is 9.88 Å². The summed E-state index contributed by atoms with van der Waals surface area (Å²) in [5.41, 5.74) is 2.52. The summed E-state index contributed by atoms with van der Waals surface area (Å²) in [6.07, 6.45) is 0.782. The minimum Gasteiger partial charge on any atom is -0.451 e. The molecule has 1 N–H and O–H groups in total. The van der Waals surface area contributed by atoms with E-state index in [0.717, 1.165) is 23.1 Å². The Labute approximate surface area is 174 Å². The first-order chi connectivity index (χ1) is 14.5. The summed E-state index contributed by atoms with van der Waals surface area (Å²) >= 11 is 0. The Morgan fingerprint density at radius 3 is 2.53 bits per heavy atom. The van der Waals surface area contributed by atoms with Gasteiger partial charge in [0.15, 0.2) is 6.61 Å². The molecule has 0 spiro atoms. The van der Waals surface area contributed by atoms with Crippen molar-refractivity contribution in [2.24, 2.45) is 0 Å². The van der Waals surface area contributed by atoms with Crippen LogP contribution in [0.25, 0.3) is 10.9 Å². The van der Waals surface area contributed by atoms with Gasteiger partial charge < -0.3 is 15.0 Å². The standard InChI is InChI=1S/C23H23N3O4/c1-3-16-8-4-6-10-18(16)25-21(27)14-26(2)22(28)15-30-23(29)20-13-12-17-9-5-7-11-19(17)24-20/h4-13H,3,14-15H2,1-2H3,(H,25,27). The van der Waals surface area contributed by atoms with E-state index in [9.17, 15) is 14.4 Å². The molecular weight excluding hydrogens is 382 g/mol. The first kappa shape index (κ1) is 21.0. The molecule has 3 aromatic rings. The highest BCUT2D eigenvalue weighted by Gasteiger charge is 2.17. The number of aromatic nitrogens is 1. The number of carbonyl (C=O) groups is 3. The molecule has 0 bridgehead atoms. The Morgan fingerprint density at radius 1 is 1.00 bits per heavy atom. The first-order valence-corrected chi connectivity index (χ1v) is 9.62. The number of pyridine rings is 1. The zero-order valence-electron chi connectivity index (χ0n) is 16.9. The highest BCUT2D eigenvalue weighted by Crippen LogP contribution is 2.15. The molecule has 0 unspecified atom stereocenters. The Balaban J connectivity index is 1.52. The highest BCUT2D eigenvalue weighted by atomic mass is 16.5. The molecule has 0 fully saturated rings. The molecular formula is C23H23N3O4. The van der Waals surface area contributed by atoms with E-state index >= 15 is 0 Å². The Morgan fingerprint density at radius 2 is 1.73 bits per heavy atom. The number of para-hydroxylation sites is 2. The molecule has 0 atom stereocenters. The normalized spacial score (nSPS) is 10.5. The van der Waals surface area contributed by atoms with E-state index in [2.05, 4.69) is 10.3 Å². The number of hydrogen-bond donors (Lipinski definition) is 1. The summed E-state index contributed by atoms with van der Waals surface area (Å²) in [6, 6.07) is 18.2. The first-order valence-electron chi connectivity index (χ1n) is 9.62. The van der Waals surface area contributed by atoms with E-state index in [1.165, 1.54) is 11.9 Å². The number of benzene rings is 2. The molecule has 2 amide bonds. The van der Waals surface area contributed by atoms with E-state index in [4.69, 9.17) is 4.74 Å². The van der Waals surface area contributed by atoms with Crippen molar-refractivity contribution in [2.75, 3.05) is 25.5 Å². The molecule has 0 aliphatic carbocycles. The average Bonchev–Trinajstić information content (AvgIpc) is 2.77. The van der Waals surface area contributed by atoms with Crippen LogP contribution in [0.4, 0.5) is 5.69 Å². The van der Waals surface area contributed by atoms with Crippen LogP contribution in [-0.2, 0) is 20.7 Å². The lowest BCUT2D eigenvalue weighted by molar-refractivity contribution is -0.136. The van der Waals surface area contributed by atoms with Gasteiger partial charge in [-0.2, -0.15) is 0 Å². The third-order valence-electron chi connectivity index (χ3n) is 4.61. The van der Waals surface area contributed by atoms with Crippen molar-refractivity contribution >= 4 is 34.4 Å². The lowest BCUT2D eigenvalue weighted by Crippen LogP contribution is -2.37. The molecule has 1 aromatic heterocycles. The minimum atomic E-state index is -0.691. The number of aryl methyl sites for hydroxylation is 1. The summed E-state index contributed by atoms with van der Waals surface area (Å²) in [5, 5.41) is 3.71. The molecule has 30 heavy (non-hydrogen) atoms. The van der Waals surface area contributed by atoms with E-state index in [0.29, 0.717) is 5.52 Å². The highest BCUT2D eigenvalue weighted by molar-refractivity contribution is 5.96. The number of nitrogens with one attached hydrogen (secondary N) is 1. The molecule has 0 aliphatic rings. The maximum atomic E-state index is 12.3. The van der Waals surface area contributed by atoms with Crippen molar-refractivity contribution in [2.45, 2.75) is 13.3 Å². The van der Waals surface area contributed by atoms with Gasteiger partial charge in [0.25, 0.3) is 5.91 Å². The van der Waals surface area contributed by atoms with Crippen LogP contribution in [0, 0.1) is 0 Å². The van der Waals surface area contributed by atoms with Crippen molar-refractivity contribution in [3.63, 3.8) is 0 Å². The van der Waals surface area contributed by atoms with E-state index in [1.54, 1.807) is 18.2 Å². The zero-order valence-corrected chi connectivity index (χ0v) is 16.9. The summed E-state index contributed by atoms with van der Waals surface area (Å²) in [5.74, 6) is -1.50.